The number of esters is 1. The van der Waals surface area contributed by atoms with Crippen LogP contribution in [0.5, 0.6) is 17.2 Å². The maximum atomic E-state index is 11.7. The van der Waals surface area contributed by atoms with Gasteiger partial charge in [0.05, 0.1) is 12.2 Å². The van der Waals surface area contributed by atoms with Gasteiger partial charge >= 0.3 is 5.97 Å². The van der Waals surface area contributed by atoms with Crippen LogP contribution in [0.25, 0.3) is 0 Å². The van der Waals surface area contributed by atoms with E-state index in [2.05, 4.69) is 13.5 Å². The number of allylic oxidation sites excluding steroid dienone is 3. The summed E-state index contributed by atoms with van der Waals surface area (Å²) in [4.78, 5) is 22.9. The number of ketones is 1. The van der Waals surface area contributed by atoms with Gasteiger partial charge < -0.3 is 20.1 Å². The van der Waals surface area contributed by atoms with Gasteiger partial charge in [0.2, 0.25) is 0 Å². The molecule has 0 spiro atoms. The van der Waals surface area contributed by atoms with E-state index in [1.165, 1.54) is 19.3 Å². The third kappa shape index (κ3) is 9.28. The Hall–Kier alpha value is -2.76. The molecular weight excluding hydrogens is 396 g/mol. The van der Waals surface area contributed by atoms with E-state index < -0.39 is 23.2 Å². The van der Waals surface area contributed by atoms with Crippen LogP contribution in [0.1, 0.15) is 82.5 Å². The summed E-state index contributed by atoms with van der Waals surface area (Å²) >= 11 is 0. The Labute approximate surface area is 185 Å². The van der Waals surface area contributed by atoms with Crippen LogP contribution in [0.3, 0.4) is 0 Å². The van der Waals surface area contributed by atoms with Gasteiger partial charge in [0.15, 0.2) is 23.0 Å². The van der Waals surface area contributed by atoms with Crippen molar-refractivity contribution in [3.8, 4) is 17.2 Å². The fraction of sp³-hybridized carbons (Fsp3) is 0.520. The van der Waals surface area contributed by atoms with Crippen LogP contribution in [0.15, 0.2) is 35.9 Å². The van der Waals surface area contributed by atoms with E-state index in [0.717, 1.165) is 49.0 Å². The number of phenolic OH excluding ortho intramolecular Hbond substituents is 3. The van der Waals surface area contributed by atoms with Gasteiger partial charge in [-0.3, -0.25) is 4.79 Å². The molecule has 1 aromatic carbocycles. The SMILES string of the molecule is C=C(C)C1CC=C(C)C(=O)C1.CCCCCCCCOC(=O)c1cc(O)c(O)c(O)c1. The molecule has 6 nitrogen and oxygen atoms in total. The first-order valence-electron chi connectivity index (χ1n) is 10.9. The van der Waals surface area contributed by atoms with Crippen molar-refractivity contribution in [2.45, 2.75) is 72.1 Å². The highest BCUT2D eigenvalue weighted by Gasteiger charge is 2.19. The molecule has 0 bridgehead atoms. The third-order valence-corrected chi connectivity index (χ3v) is 5.31. The first kappa shape index (κ1) is 26.3. The van der Waals surface area contributed by atoms with Gasteiger partial charge in [-0.05, 0) is 50.3 Å². The standard InChI is InChI=1S/C15H22O5.C10H14O/c1-2-3-4-5-6-7-8-20-15(19)11-9-12(16)14(18)13(17)10-11;1-7(2)9-5-4-8(3)10(11)6-9/h9-10,16-18H,2-8H2,1H3;4,9H,1,5-6H2,2-3H3. The van der Waals surface area contributed by atoms with Crippen molar-refractivity contribution in [3.63, 3.8) is 0 Å². The second-order valence-electron chi connectivity index (χ2n) is 8.06. The van der Waals surface area contributed by atoms with Gasteiger partial charge in [-0.2, -0.15) is 0 Å². The Balaban J connectivity index is 0.000000367. The highest BCUT2D eigenvalue weighted by Crippen LogP contribution is 2.35. The minimum Gasteiger partial charge on any atom is -0.504 e. The molecule has 0 saturated heterocycles. The molecule has 1 aromatic rings. The molecule has 0 amide bonds. The van der Waals surface area contributed by atoms with E-state index >= 15 is 0 Å². The number of unbranched alkanes of at least 4 members (excludes halogenated alkanes) is 5. The van der Waals surface area contributed by atoms with E-state index in [0.29, 0.717) is 18.9 Å². The number of hydrogen-bond donors (Lipinski definition) is 3. The topological polar surface area (TPSA) is 104 Å². The summed E-state index contributed by atoms with van der Waals surface area (Å²) in [5.74, 6) is -1.68. The van der Waals surface area contributed by atoms with Gasteiger partial charge in [-0.25, -0.2) is 4.79 Å². The molecule has 0 saturated carbocycles. The summed E-state index contributed by atoms with van der Waals surface area (Å²) in [5, 5.41) is 27.8. The number of rotatable bonds is 9. The highest BCUT2D eigenvalue weighted by atomic mass is 16.5. The Morgan fingerprint density at radius 1 is 1.10 bits per heavy atom. The number of hydrogen-bond acceptors (Lipinski definition) is 6. The average molecular weight is 433 g/mol. The average Bonchev–Trinajstić information content (AvgIpc) is 2.73. The molecule has 1 aliphatic carbocycles. The van der Waals surface area contributed by atoms with E-state index in [-0.39, 0.29) is 11.3 Å². The van der Waals surface area contributed by atoms with Crippen LogP contribution < -0.4 is 0 Å². The van der Waals surface area contributed by atoms with Crippen LogP contribution >= 0.6 is 0 Å². The molecule has 0 fully saturated rings. The second-order valence-corrected chi connectivity index (χ2v) is 8.06. The number of Topliss-reactive ketones (excluding diaryl/α,β-unsaturated/α-hetero) is 1. The zero-order chi connectivity index (χ0) is 23.4. The number of aromatic hydroxyl groups is 3. The largest absolute Gasteiger partial charge is 0.504 e. The Bertz CT molecular complexity index is 770. The number of carbonyl (C=O) groups excluding carboxylic acids is 2. The minimum atomic E-state index is -0.641. The molecule has 1 aliphatic rings. The van der Waals surface area contributed by atoms with E-state index in [4.69, 9.17) is 4.74 Å². The molecular formula is C25H36O6. The molecule has 6 heteroatoms. The van der Waals surface area contributed by atoms with Gasteiger partial charge in [0.1, 0.15) is 0 Å². The van der Waals surface area contributed by atoms with Crippen molar-refractivity contribution in [1.29, 1.82) is 0 Å². The lowest BCUT2D eigenvalue weighted by Gasteiger charge is -2.18. The molecule has 1 unspecified atom stereocenters. The predicted octanol–water partition coefficient (Wildman–Crippen LogP) is 5.81. The molecule has 1 atom stereocenters. The van der Waals surface area contributed by atoms with E-state index in [1.807, 2.05) is 19.9 Å². The van der Waals surface area contributed by atoms with Crippen LogP contribution in [-0.4, -0.2) is 33.7 Å². The lowest BCUT2D eigenvalue weighted by Crippen LogP contribution is -2.14. The summed E-state index contributed by atoms with van der Waals surface area (Å²) < 4.78 is 5.04. The first-order chi connectivity index (χ1) is 14.7. The summed E-state index contributed by atoms with van der Waals surface area (Å²) in [6, 6.07) is 2.14. The Morgan fingerprint density at radius 2 is 1.68 bits per heavy atom. The first-order valence-corrected chi connectivity index (χ1v) is 10.9. The summed E-state index contributed by atoms with van der Waals surface area (Å²) in [6.45, 7) is 10.2. The molecule has 0 radical (unpaired) electrons. The summed E-state index contributed by atoms with van der Waals surface area (Å²) in [7, 11) is 0. The normalized spacial score (nSPS) is 15.5. The Kier molecular flexibility index (Phi) is 11.5. The van der Waals surface area contributed by atoms with E-state index in [9.17, 15) is 24.9 Å². The van der Waals surface area contributed by atoms with Crippen molar-refractivity contribution in [2.75, 3.05) is 6.61 Å². The highest BCUT2D eigenvalue weighted by molar-refractivity contribution is 5.95. The molecule has 0 aromatic heterocycles. The van der Waals surface area contributed by atoms with Crippen molar-refractivity contribution < 1.29 is 29.6 Å². The van der Waals surface area contributed by atoms with Crippen LogP contribution in [0.4, 0.5) is 0 Å². The zero-order valence-electron chi connectivity index (χ0n) is 18.9. The lowest BCUT2D eigenvalue weighted by molar-refractivity contribution is -0.116. The van der Waals surface area contributed by atoms with Gasteiger partial charge in [0, 0.05) is 6.42 Å². The molecule has 0 heterocycles. The fourth-order valence-corrected chi connectivity index (χ4v) is 3.13. The maximum Gasteiger partial charge on any atom is 0.338 e. The molecule has 172 valence electrons. The zero-order valence-corrected chi connectivity index (χ0v) is 18.9. The van der Waals surface area contributed by atoms with Crippen LogP contribution in [0.2, 0.25) is 0 Å². The number of carbonyl (C=O) groups is 2. The smallest absolute Gasteiger partial charge is 0.338 e. The quantitative estimate of drug-likeness (QED) is 0.197. The fourth-order valence-electron chi connectivity index (χ4n) is 3.13. The van der Waals surface area contributed by atoms with Crippen LogP contribution in [-0.2, 0) is 9.53 Å². The summed E-state index contributed by atoms with van der Waals surface area (Å²) in [6.07, 6.45) is 10.2. The lowest BCUT2D eigenvalue weighted by atomic mass is 9.85. The molecule has 31 heavy (non-hydrogen) atoms. The number of ether oxygens (including phenoxy) is 1. The molecule has 0 aliphatic heterocycles. The molecule has 3 N–H and O–H groups in total. The van der Waals surface area contributed by atoms with Gasteiger partial charge in [-0.15, -0.1) is 0 Å². The predicted molar refractivity (Wildman–Crippen MR) is 121 cm³/mol. The molecule has 2 rings (SSSR count). The van der Waals surface area contributed by atoms with Crippen molar-refractivity contribution in [3.05, 3.63) is 41.5 Å². The van der Waals surface area contributed by atoms with Crippen molar-refractivity contribution >= 4 is 11.8 Å². The summed E-state index contributed by atoms with van der Waals surface area (Å²) in [5.41, 5.74) is 2.06. The number of phenols is 3. The van der Waals surface area contributed by atoms with Gasteiger partial charge in [-0.1, -0.05) is 57.3 Å². The minimum absolute atomic E-state index is 0.0174. The van der Waals surface area contributed by atoms with Crippen molar-refractivity contribution in [1.82, 2.24) is 0 Å². The van der Waals surface area contributed by atoms with Crippen LogP contribution in [0, 0.1) is 5.92 Å². The van der Waals surface area contributed by atoms with E-state index in [1.54, 1.807) is 0 Å². The maximum absolute atomic E-state index is 11.7. The second kappa shape index (κ2) is 13.5. The third-order valence-electron chi connectivity index (χ3n) is 5.31. The number of benzene rings is 1. The monoisotopic (exact) mass is 432 g/mol. The Morgan fingerprint density at radius 3 is 2.23 bits per heavy atom. The van der Waals surface area contributed by atoms with Gasteiger partial charge in [0.25, 0.3) is 0 Å². The van der Waals surface area contributed by atoms with Crippen molar-refractivity contribution in [2.24, 2.45) is 5.92 Å².